The van der Waals surface area contributed by atoms with E-state index in [-0.39, 0.29) is 44.9 Å². The fourth-order valence-corrected chi connectivity index (χ4v) is 7.95. The maximum absolute atomic E-state index is 15.3. The van der Waals surface area contributed by atoms with Crippen molar-refractivity contribution in [3.63, 3.8) is 0 Å². The van der Waals surface area contributed by atoms with E-state index in [1.165, 1.54) is 28.0 Å². The Labute approximate surface area is 326 Å². The van der Waals surface area contributed by atoms with Gasteiger partial charge in [0.1, 0.15) is 48.3 Å². The largest absolute Gasteiger partial charge is 0.460 e. The summed E-state index contributed by atoms with van der Waals surface area (Å²) in [7, 11) is 4.87. The fraction of sp³-hybridized carbons (Fsp3) is 0.537. The van der Waals surface area contributed by atoms with Gasteiger partial charge < -0.3 is 39.2 Å². The van der Waals surface area contributed by atoms with E-state index in [1.807, 2.05) is 54.6 Å². The van der Waals surface area contributed by atoms with Crippen molar-refractivity contribution in [2.75, 3.05) is 34.5 Å². The molecule has 8 unspecified atom stereocenters. The first-order valence-electron chi connectivity index (χ1n) is 18.9. The summed E-state index contributed by atoms with van der Waals surface area (Å²) in [6, 6.07) is 13.5. The van der Waals surface area contributed by atoms with Crippen LogP contribution >= 0.6 is 0 Å². The molecule has 0 spiro atoms. The van der Waals surface area contributed by atoms with Gasteiger partial charge in [-0.15, -0.1) is 0 Å². The smallest absolute Gasteiger partial charge is 0.327 e. The number of nitrogens with zero attached hydrogens (tertiary/aromatic N) is 3. The topological polar surface area (TPSA) is 173 Å². The Balaban J connectivity index is 1.28. The third-order valence-corrected chi connectivity index (χ3v) is 10.7. The molecule has 3 aliphatic heterocycles. The van der Waals surface area contributed by atoms with Crippen LogP contribution in [0.25, 0.3) is 6.08 Å². The van der Waals surface area contributed by atoms with Crippen LogP contribution in [0.1, 0.15) is 56.7 Å². The third-order valence-electron chi connectivity index (χ3n) is 10.7. The van der Waals surface area contributed by atoms with Gasteiger partial charge in [0.15, 0.2) is 6.04 Å². The molecule has 8 atom stereocenters. The Hall–Kier alpha value is -4.67. The van der Waals surface area contributed by atoms with Crippen LogP contribution in [-0.4, -0.2) is 132 Å². The molecule has 4 fully saturated rings. The van der Waals surface area contributed by atoms with Crippen molar-refractivity contribution in [2.45, 2.75) is 101 Å². The molecule has 2 N–H and O–H groups in total. The van der Waals surface area contributed by atoms with E-state index in [0.29, 0.717) is 0 Å². The van der Waals surface area contributed by atoms with Crippen molar-refractivity contribution in [3.8, 4) is 0 Å². The second kappa shape index (κ2) is 16.8. The van der Waals surface area contributed by atoms with Gasteiger partial charge >= 0.3 is 11.9 Å². The van der Waals surface area contributed by atoms with Crippen LogP contribution < -0.4 is 5.32 Å². The van der Waals surface area contributed by atoms with E-state index in [2.05, 4.69) is 5.32 Å². The lowest BCUT2D eigenvalue weighted by Crippen LogP contribution is -2.70. The number of carbonyl (C=O) groups excluding carboxylic acids is 5. The van der Waals surface area contributed by atoms with Gasteiger partial charge in [0, 0.05) is 46.5 Å². The molecular weight excluding hydrogens is 724 g/mol. The van der Waals surface area contributed by atoms with Crippen molar-refractivity contribution in [2.24, 2.45) is 5.41 Å². The monoisotopic (exact) mass is 776 g/mol. The number of amides is 3. The molecule has 0 aromatic heterocycles. The molecular formula is C41H52N4O11. The molecule has 6 rings (SSSR count). The molecule has 2 aromatic carbocycles. The standard InChI is InChI=1S/C41H52N4O11/c1-40(2,3)55-32(48)19-17-28(23-46)42-37(49)29(20-26-10-8-7-9-11-26)44(6)39(51)41-21-30-33-34(53-24-52-33)36(41)56-45(35(41)38(50)54-30)22-27-14-12-25(13-15-27)16-18-31(47)43(4)5/h7-16,18,28-30,33-36,46H,17,19-24H2,1-6H3,(H,42,49). The van der Waals surface area contributed by atoms with E-state index < -0.39 is 83.9 Å². The highest BCUT2D eigenvalue weighted by Crippen LogP contribution is 2.56. The Kier molecular flexibility index (Phi) is 12.3. The minimum atomic E-state index is -1.51. The number of esters is 2. The highest BCUT2D eigenvalue weighted by Gasteiger charge is 2.75. The van der Waals surface area contributed by atoms with E-state index in [1.54, 1.807) is 40.9 Å². The SMILES string of the molecule is CN(C)C(=O)C=Cc1ccc(CN2OC3C4OCOC4C4CC3(C(=O)N(C)C(Cc3ccccc3)C(=O)NC(CO)CCC(=O)OC(C)(C)C)C2C(=O)O4)cc1. The number of aliphatic hydroxyl groups excluding tert-OH is 1. The molecule has 302 valence electrons. The summed E-state index contributed by atoms with van der Waals surface area (Å²) >= 11 is 0. The summed E-state index contributed by atoms with van der Waals surface area (Å²) in [5, 5.41) is 14.6. The maximum atomic E-state index is 15.3. The highest BCUT2D eigenvalue weighted by molar-refractivity contribution is 5.96. The predicted molar refractivity (Wildman–Crippen MR) is 201 cm³/mol. The summed E-state index contributed by atoms with van der Waals surface area (Å²) in [4.78, 5) is 77.4. The van der Waals surface area contributed by atoms with Crippen LogP contribution in [-0.2, 0) is 60.7 Å². The third kappa shape index (κ3) is 8.66. The summed E-state index contributed by atoms with van der Waals surface area (Å²) in [6.45, 7) is 4.88. The zero-order chi connectivity index (χ0) is 40.4. The number of hydrogen-bond donors (Lipinski definition) is 2. The number of aliphatic hydroxyl groups is 1. The number of benzene rings is 2. The van der Waals surface area contributed by atoms with E-state index in [0.717, 1.165) is 16.7 Å². The number of ether oxygens (including phenoxy) is 4. The number of rotatable bonds is 14. The molecule has 3 saturated heterocycles. The molecule has 3 amide bonds. The zero-order valence-electron chi connectivity index (χ0n) is 32.7. The lowest BCUT2D eigenvalue weighted by Gasteiger charge is -2.50. The Morgan fingerprint density at radius 1 is 1.02 bits per heavy atom. The second-order valence-electron chi connectivity index (χ2n) is 16.0. The van der Waals surface area contributed by atoms with Crippen molar-refractivity contribution in [1.29, 1.82) is 0 Å². The molecule has 15 heteroatoms. The first kappa shape index (κ1) is 41.0. The number of likely N-dealkylation sites (N-methyl/N-ethyl adjacent to an activating group) is 2. The predicted octanol–water partition coefficient (Wildman–Crippen LogP) is 2.00. The number of fused-ring (bicyclic) bond motifs is 4. The van der Waals surface area contributed by atoms with Gasteiger partial charge in [-0.2, -0.15) is 5.06 Å². The zero-order valence-corrected chi connectivity index (χ0v) is 32.7. The average molecular weight is 777 g/mol. The van der Waals surface area contributed by atoms with Crippen molar-refractivity contribution < 1.29 is 52.9 Å². The van der Waals surface area contributed by atoms with E-state index in [4.69, 9.17) is 23.8 Å². The summed E-state index contributed by atoms with van der Waals surface area (Å²) in [6.07, 6.45) is 0.346. The van der Waals surface area contributed by atoms with Crippen molar-refractivity contribution in [3.05, 3.63) is 77.4 Å². The molecule has 2 bridgehead atoms. The van der Waals surface area contributed by atoms with Crippen molar-refractivity contribution >= 4 is 35.7 Å². The quantitative estimate of drug-likeness (QED) is 0.212. The van der Waals surface area contributed by atoms with Gasteiger partial charge in [-0.1, -0.05) is 54.6 Å². The normalized spacial score (nSPS) is 26.6. The van der Waals surface area contributed by atoms with Crippen LogP contribution in [0.2, 0.25) is 0 Å². The molecule has 15 nitrogen and oxygen atoms in total. The Morgan fingerprint density at radius 2 is 1.71 bits per heavy atom. The molecule has 56 heavy (non-hydrogen) atoms. The first-order chi connectivity index (χ1) is 26.6. The molecule has 0 radical (unpaired) electrons. The van der Waals surface area contributed by atoms with Gasteiger partial charge in [-0.3, -0.25) is 28.8 Å². The molecule has 1 saturated carbocycles. The number of hydrogen-bond acceptors (Lipinski definition) is 12. The van der Waals surface area contributed by atoms with Gasteiger partial charge in [-0.25, -0.2) is 0 Å². The van der Waals surface area contributed by atoms with E-state index in [9.17, 15) is 24.3 Å². The average Bonchev–Trinajstić information content (AvgIpc) is 3.79. The van der Waals surface area contributed by atoms with Gasteiger partial charge in [-0.05, 0) is 50.0 Å². The summed E-state index contributed by atoms with van der Waals surface area (Å²) < 4.78 is 23.2. The molecule has 1 aliphatic carbocycles. The Morgan fingerprint density at radius 3 is 2.38 bits per heavy atom. The molecule has 2 aromatic rings. The van der Waals surface area contributed by atoms with Gasteiger partial charge in [0.2, 0.25) is 17.7 Å². The highest BCUT2D eigenvalue weighted by atomic mass is 16.8. The van der Waals surface area contributed by atoms with Crippen LogP contribution in [0.4, 0.5) is 0 Å². The first-order valence-corrected chi connectivity index (χ1v) is 18.9. The molecule has 4 aliphatic rings. The van der Waals surface area contributed by atoms with Crippen LogP contribution in [0.3, 0.4) is 0 Å². The van der Waals surface area contributed by atoms with Crippen molar-refractivity contribution in [1.82, 2.24) is 20.2 Å². The number of carbonyl (C=O) groups is 5. The summed E-state index contributed by atoms with van der Waals surface area (Å²) in [5.41, 5.74) is 0.146. The maximum Gasteiger partial charge on any atom is 0.327 e. The summed E-state index contributed by atoms with van der Waals surface area (Å²) in [5.74, 6) is -2.30. The van der Waals surface area contributed by atoms with Crippen LogP contribution in [0.5, 0.6) is 0 Å². The number of nitrogens with one attached hydrogen (secondary N) is 1. The van der Waals surface area contributed by atoms with Gasteiger partial charge in [0.05, 0.1) is 19.2 Å². The molecule has 3 heterocycles. The second-order valence-corrected chi connectivity index (χ2v) is 16.0. The van der Waals surface area contributed by atoms with Crippen LogP contribution in [0, 0.1) is 5.41 Å². The van der Waals surface area contributed by atoms with E-state index >= 15 is 4.79 Å². The minimum absolute atomic E-state index is 0.0375. The van der Waals surface area contributed by atoms with Crippen LogP contribution in [0.15, 0.2) is 60.7 Å². The lowest BCUT2D eigenvalue weighted by atomic mass is 9.62. The lowest BCUT2D eigenvalue weighted by molar-refractivity contribution is -0.204. The number of hydroxylamine groups is 2. The minimum Gasteiger partial charge on any atom is -0.460 e. The fourth-order valence-electron chi connectivity index (χ4n) is 7.95. The van der Waals surface area contributed by atoms with Gasteiger partial charge in [0.25, 0.3) is 0 Å². The Bertz CT molecular complexity index is 1800.